The normalized spacial score (nSPS) is 10.4. The van der Waals surface area contributed by atoms with Crippen LogP contribution in [0.2, 0.25) is 0 Å². The predicted octanol–water partition coefficient (Wildman–Crippen LogP) is 3.97. The van der Waals surface area contributed by atoms with Gasteiger partial charge in [0, 0.05) is 6.20 Å². The molecule has 3 nitrogen and oxygen atoms in total. The first kappa shape index (κ1) is 12.0. The number of rotatable bonds is 2. The first-order chi connectivity index (χ1) is 9.33. The van der Waals surface area contributed by atoms with Crippen LogP contribution in [0, 0.1) is 0 Å². The summed E-state index contributed by atoms with van der Waals surface area (Å²) >= 11 is 3.37. The first-order valence-electron chi connectivity index (χ1n) is 5.84. The first-order valence-corrected chi connectivity index (χ1v) is 6.63. The number of pyridine rings is 3. The van der Waals surface area contributed by atoms with Gasteiger partial charge in [-0.15, -0.1) is 0 Å². The number of hydrogen-bond donors (Lipinski definition) is 0. The van der Waals surface area contributed by atoms with Crippen molar-refractivity contribution < 1.29 is 0 Å². The van der Waals surface area contributed by atoms with Crippen LogP contribution in [0.1, 0.15) is 0 Å². The zero-order chi connectivity index (χ0) is 13.1. The molecule has 0 saturated heterocycles. The Hall–Kier alpha value is -2.07. The largest absolute Gasteiger partial charge is 0.255 e. The maximum atomic E-state index is 4.61. The van der Waals surface area contributed by atoms with Crippen molar-refractivity contribution in [3.63, 3.8) is 0 Å². The minimum Gasteiger partial charge on any atom is -0.255 e. The van der Waals surface area contributed by atoms with Gasteiger partial charge in [0.2, 0.25) is 0 Å². The highest BCUT2D eigenvalue weighted by molar-refractivity contribution is 9.10. The average Bonchev–Trinajstić information content (AvgIpc) is 2.48. The number of aromatic nitrogens is 3. The third-order valence-electron chi connectivity index (χ3n) is 2.65. The lowest BCUT2D eigenvalue weighted by molar-refractivity contribution is 1.20. The van der Waals surface area contributed by atoms with Crippen molar-refractivity contribution in [3.8, 4) is 22.8 Å². The summed E-state index contributed by atoms with van der Waals surface area (Å²) in [5, 5.41) is 0. The quantitative estimate of drug-likeness (QED) is 0.672. The molecule has 0 aliphatic rings. The Balaban J connectivity index is 2.06. The SMILES string of the molecule is Brc1cccc(-c2cccc(-c3ccccn3)n2)n1. The van der Waals surface area contributed by atoms with E-state index in [1.54, 1.807) is 6.20 Å². The molecule has 0 atom stereocenters. The van der Waals surface area contributed by atoms with Gasteiger partial charge in [-0.2, -0.15) is 0 Å². The zero-order valence-corrected chi connectivity index (χ0v) is 11.6. The van der Waals surface area contributed by atoms with E-state index in [0.29, 0.717) is 0 Å². The van der Waals surface area contributed by atoms with Crippen LogP contribution in [0.4, 0.5) is 0 Å². The molecule has 0 unspecified atom stereocenters. The van der Waals surface area contributed by atoms with Crippen LogP contribution >= 0.6 is 15.9 Å². The van der Waals surface area contributed by atoms with Crippen molar-refractivity contribution in [1.82, 2.24) is 15.0 Å². The lowest BCUT2D eigenvalue weighted by Gasteiger charge is -2.04. The van der Waals surface area contributed by atoms with E-state index in [1.165, 1.54) is 0 Å². The van der Waals surface area contributed by atoms with E-state index in [0.717, 1.165) is 27.4 Å². The smallest absolute Gasteiger partial charge is 0.106 e. The van der Waals surface area contributed by atoms with Crippen molar-refractivity contribution in [2.24, 2.45) is 0 Å². The van der Waals surface area contributed by atoms with Crippen LogP contribution in [0.15, 0.2) is 65.4 Å². The Morgan fingerprint density at radius 1 is 0.632 bits per heavy atom. The van der Waals surface area contributed by atoms with Gasteiger partial charge in [-0.25, -0.2) is 9.97 Å². The molecule has 0 spiro atoms. The van der Waals surface area contributed by atoms with E-state index in [-0.39, 0.29) is 0 Å². The topological polar surface area (TPSA) is 38.7 Å². The molecule has 0 amide bonds. The maximum Gasteiger partial charge on any atom is 0.106 e. The van der Waals surface area contributed by atoms with Gasteiger partial charge in [0.1, 0.15) is 4.60 Å². The van der Waals surface area contributed by atoms with Gasteiger partial charge < -0.3 is 0 Å². The molecule has 3 rings (SSSR count). The second-order valence-electron chi connectivity index (χ2n) is 3.97. The van der Waals surface area contributed by atoms with Gasteiger partial charge in [-0.3, -0.25) is 4.98 Å². The molecule has 0 saturated carbocycles. The summed E-state index contributed by atoms with van der Waals surface area (Å²) in [6, 6.07) is 17.4. The Bertz CT molecular complexity index is 699. The maximum absolute atomic E-state index is 4.61. The fraction of sp³-hybridized carbons (Fsp3) is 0. The highest BCUT2D eigenvalue weighted by Gasteiger charge is 2.05. The van der Waals surface area contributed by atoms with E-state index < -0.39 is 0 Å². The Morgan fingerprint density at radius 2 is 1.26 bits per heavy atom. The second kappa shape index (κ2) is 5.28. The van der Waals surface area contributed by atoms with E-state index in [4.69, 9.17) is 0 Å². The Kier molecular flexibility index (Phi) is 3.33. The summed E-state index contributed by atoms with van der Waals surface area (Å²) in [6.07, 6.45) is 1.76. The molecule has 92 valence electrons. The molecule has 3 heterocycles. The highest BCUT2D eigenvalue weighted by atomic mass is 79.9. The van der Waals surface area contributed by atoms with Crippen LogP contribution in [0.3, 0.4) is 0 Å². The lowest BCUT2D eigenvalue weighted by atomic mass is 10.2. The summed E-state index contributed by atoms with van der Waals surface area (Å²) in [4.78, 5) is 13.3. The van der Waals surface area contributed by atoms with Gasteiger partial charge in [0.25, 0.3) is 0 Å². The molecule has 4 heteroatoms. The lowest BCUT2D eigenvalue weighted by Crippen LogP contribution is -1.91. The fourth-order valence-corrected chi connectivity index (χ4v) is 2.13. The summed E-state index contributed by atoms with van der Waals surface area (Å²) in [7, 11) is 0. The van der Waals surface area contributed by atoms with E-state index >= 15 is 0 Å². The van der Waals surface area contributed by atoms with Crippen molar-refractivity contribution in [3.05, 3.63) is 65.4 Å². The van der Waals surface area contributed by atoms with Crippen LogP contribution in [-0.2, 0) is 0 Å². The number of halogens is 1. The molecule has 0 aromatic carbocycles. The molecular formula is C15H10BrN3. The van der Waals surface area contributed by atoms with Crippen molar-refractivity contribution in [2.75, 3.05) is 0 Å². The molecule has 0 bridgehead atoms. The molecule has 3 aromatic heterocycles. The zero-order valence-electron chi connectivity index (χ0n) is 9.99. The summed E-state index contributed by atoms with van der Waals surface area (Å²) in [6.45, 7) is 0. The summed E-state index contributed by atoms with van der Waals surface area (Å²) < 4.78 is 0.801. The van der Waals surface area contributed by atoms with E-state index in [1.807, 2.05) is 54.6 Å². The summed E-state index contributed by atoms with van der Waals surface area (Å²) in [5.74, 6) is 0. The third kappa shape index (κ3) is 2.69. The standard InChI is InChI=1S/C15H10BrN3/c16-15-9-4-8-14(19-15)13-7-3-6-12(18-13)11-5-1-2-10-17-11/h1-10H. The van der Waals surface area contributed by atoms with Crippen LogP contribution in [-0.4, -0.2) is 15.0 Å². The molecule has 0 aliphatic heterocycles. The predicted molar refractivity (Wildman–Crippen MR) is 78.4 cm³/mol. The van der Waals surface area contributed by atoms with Crippen LogP contribution in [0.5, 0.6) is 0 Å². The van der Waals surface area contributed by atoms with Crippen molar-refractivity contribution >= 4 is 15.9 Å². The van der Waals surface area contributed by atoms with E-state index in [9.17, 15) is 0 Å². The molecular weight excluding hydrogens is 302 g/mol. The molecule has 0 aliphatic carbocycles. The molecule has 0 fully saturated rings. The Morgan fingerprint density at radius 3 is 1.95 bits per heavy atom. The van der Waals surface area contributed by atoms with E-state index in [2.05, 4.69) is 30.9 Å². The van der Waals surface area contributed by atoms with Gasteiger partial charge in [0.15, 0.2) is 0 Å². The molecule has 0 radical (unpaired) electrons. The molecule has 19 heavy (non-hydrogen) atoms. The van der Waals surface area contributed by atoms with Gasteiger partial charge in [-0.1, -0.05) is 18.2 Å². The third-order valence-corrected chi connectivity index (χ3v) is 3.10. The highest BCUT2D eigenvalue weighted by Crippen LogP contribution is 2.21. The minimum atomic E-state index is 0.801. The van der Waals surface area contributed by atoms with Crippen molar-refractivity contribution in [1.29, 1.82) is 0 Å². The number of hydrogen-bond acceptors (Lipinski definition) is 3. The fourth-order valence-electron chi connectivity index (χ4n) is 1.79. The molecule has 3 aromatic rings. The second-order valence-corrected chi connectivity index (χ2v) is 4.78. The van der Waals surface area contributed by atoms with Crippen LogP contribution in [0.25, 0.3) is 22.8 Å². The average molecular weight is 312 g/mol. The van der Waals surface area contributed by atoms with Gasteiger partial charge >= 0.3 is 0 Å². The monoisotopic (exact) mass is 311 g/mol. The van der Waals surface area contributed by atoms with Crippen molar-refractivity contribution in [2.45, 2.75) is 0 Å². The van der Waals surface area contributed by atoms with Gasteiger partial charge in [0.05, 0.1) is 22.8 Å². The van der Waals surface area contributed by atoms with Crippen LogP contribution < -0.4 is 0 Å². The van der Waals surface area contributed by atoms with Gasteiger partial charge in [-0.05, 0) is 52.3 Å². The minimum absolute atomic E-state index is 0.801. The Labute approximate surface area is 119 Å². The number of nitrogens with zero attached hydrogens (tertiary/aromatic N) is 3. The molecule has 0 N–H and O–H groups in total. The summed E-state index contributed by atoms with van der Waals surface area (Å²) in [5.41, 5.74) is 3.39.